The van der Waals surface area contributed by atoms with E-state index in [4.69, 9.17) is 0 Å². The Morgan fingerprint density at radius 2 is 1.92 bits per heavy atom. The summed E-state index contributed by atoms with van der Waals surface area (Å²) in [6.45, 7) is 0.404. The number of nitrogens with one attached hydrogen (secondary N) is 2. The number of amides is 1. The maximum Gasteiger partial charge on any atom is 0.293 e. The second kappa shape index (κ2) is 6.15. The maximum atomic E-state index is 12.5. The molecule has 2 heterocycles. The van der Waals surface area contributed by atoms with E-state index in [0.29, 0.717) is 17.8 Å². The van der Waals surface area contributed by atoms with Crippen LogP contribution >= 0.6 is 0 Å². The molecule has 1 aromatic carbocycles. The number of fused-ring (bicyclic) bond motifs is 2. The number of pyridine rings is 1. The number of benzene rings is 1. The molecule has 1 aromatic heterocycles. The lowest BCUT2D eigenvalue weighted by molar-refractivity contribution is -0.773. The van der Waals surface area contributed by atoms with Crippen molar-refractivity contribution < 1.29 is 14.8 Å². The largest absolute Gasteiger partial charge is 0.629 e. The van der Waals surface area contributed by atoms with E-state index in [1.165, 1.54) is 36.7 Å². The van der Waals surface area contributed by atoms with E-state index in [2.05, 4.69) is 10.3 Å². The summed E-state index contributed by atoms with van der Waals surface area (Å²) in [5, 5.41) is 26.7. The van der Waals surface area contributed by atoms with Crippen LogP contribution in [0.3, 0.4) is 0 Å². The first-order chi connectivity index (χ1) is 12.5. The fourth-order valence-corrected chi connectivity index (χ4v) is 4.20. The Morgan fingerprint density at radius 1 is 1.23 bits per heavy atom. The van der Waals surface area contributed by atoms with Crippen LogP contribution in [0, 0.1) is 15.3 Å². The van der Waals surface area contributed by atoms with Crippen molar-refractivity contribution in [3.8, 4) is 0 Å². The number of aromatic nitrogens is 1. The summed E-state index contributed by atoms with van der Waals surface area (Å²) in [7, 11) is 0. The number of nitro groups is 1. The van der Waals surface area contributed by atoms with Crippen molar-refractivity contribution in [2.45, 2.75) is 31.1 Å². The number of rotatable bonds is 3. The Bertz CT molecular complexity index is 878. The molecule has 1 unspecified atom stereocenters. The average Bonchev–Trinajstić information content (AvgIpc) is 3.20. The van der Waals surface area contributed by atoms with Crippen molar-refractivity contribution in [1.82, 2.24) is 4.98 Å². The number of nitro benzene ring substituents is 1. The van der Waals surface area contributed by atoms with E-state index >= 15 is 0 Å². The summed E-state index contributed by atoms with van der Waals surface area (Å²) in [5.74, 6) is -0.475. The van der Waals surface area contributed by atoms with Gasteiger partial charge in [0.2, 0.25) is 0 Å². The zero-order valence-corrected chi connectivity index (χ0v) is 14.0. The summed E-state index contributed by atoms with van der Waals surface area (Å²) >= 11 is 0. The number of nitrogens with zero attached hydrogens (tertiary/aromatic N) is 2. The Kier molecular flexibility index (Phi) is 3.93. The lowest BCUT2D eigenvalue weighted by Gasteiger charge is -2.22. The van der Waals surface area contributed by atoms with Gasteiger partial charge in [0.15, 0.2) is 0 Å². The van der Waals surface area contributed by atoms with Crippen LogP contribution in [-0.2, 0) is 5.41 Å². The van der Waals surface area contributed by atoms with Gasteiger partial charge in [0.25, 0.3) is 11.6 Å². The molecule has 1 spiro atoms. The first-order valence-corrected chi connectivity index (χ1v) is 8.58. The van der Waals surface area contributed by atoms with Gasteiger partial charge in [0.1, 0.15) is 11.4 Å². The van der Waals surface area contributed by atoms with Gasteiger partial charge in [0.05, 0.1) is 16.9 Å². The molecule has 8 heteroatoms. The fourth-order valence-electron chi connectivity index (χ4n) is 4.20. The molecule has 1 aliphatic carbocycles. The molecule has 2 aromatic rings. The van der Waals surface area contributed by atoms with Gasteiger partial charge < -0.3 is 15.6 Å². The van der Waals surface area contributed by atoms with E-state index in [1.54, 1.807) is 0 Å². The normalized spacial score (nSPS) is 20.1. The maximum absolute atomic E-state index is 12.5. The molecule has 1 atom stereocenters. The molecule has 0 bridgehead atoms. The Hall–Kier alpha value is -2.84. The van der Waals surface area contributed by atoms with Crippen molar-refractivity contribution in [3.05, 3.63) is 63.1 Å². The van der Waals surface area contributed by atoms with E-state index in [0.717, 1.165) is 31.2 Å². The van der Waals surface area contributed by atoms with Crippen molar-refractivity contribution in [2.75, 3.05) is 11.9 Å². The Balaban J connectivity index is 1.75. The molecule has 4 rings (SSSR count). The highest BCUT2D eigenvalue weighted by Crippen LogP contribution is 2.47. The molecule has 26 heavy (non-hydrogen) atoms. The molecule has 1 fully saturated rings. The lowest BCUT2D eigenvalue weighted by atomic mass is 9.80. The molecular formula is C18H18N4O4. The zero-order chi connectivity index (χ0) is 18.3. The first-order valence-electron chi connectivity index (χ1n) is 8.58. The predicted molar refractivity (Wildman–Crippen MR) is 94.3 cm³/mol. The van der Waals surface area contributed by atoms with Crippen LogP contribution in [0.1, 0.15) is 41.6 Å². The molecule has 1 saturated carbocycles. The third kappa shape index (κ3) is 2.63. The third-order valence-electron chi connectivity index (χ3n) is 5.45. The van der Waals surface area contributed by atoms with Gasteiger partial charge in [0, 0.05) is 35.7 Å². The number of hydroxylamine groups is 1. The SMILES string of the molecule is O=C(Nc1cc2c(cc1[N+](=O)[O-])C1(CCCC1)C[NH+]2[O-])c1ccncc1. The topological polar surface area (TPSA) is 113 Å². The molecule has 2 N–H and O–H groups in total. The quantitative estimate of drug-likeness (QED) is 0.498. The summed E-state index contributed by atoms with van der Waals surface area (Å²) in [4.78, 5) is 27.3. The van der Waals surface area contributed by atoms with Crippen LogP contribution in [0.2, 0.25) is 0 Å². The second-order valence-electron chi connectivity index (χ2n) is 6.95. The minimum Gasteiger partial charge on any atom is -0.629 e. The van der Waals surface area contributed by atoms with Crippen LogP contribution in [0.25, 0.3) is 0 Å². The summed E-state index contributed by atoms with van der Waals surface area (Å²) in [5.41, 5.74) is 1.24. The number of anilines is 1. The minimum atomic E-state index is -0.506. The van der Waals surface area contributed by atoms with E-state index in [-0.39, 0.29) is 21.9 Å². The highest BCUT2D eigenvalue weighted by molar-refractivity contribution is 6.05. The summed E-state index contributed by atoms with van der Waals surface area (Å²) in [6.07, 6.45) is 6.76. The number of carbonyl (C=O) groups excluding carboxylic acids is 1. The standard InChI is InChI=1S/C18H18N4O4/c23-17(12-3-7-19-8-4-12)20-14-10-15-13(9-16(14)22(25)26)18(11-21(15)24)5-1-2-6-18/h3-4,7-10,21H,1-2,5-6,11H2,(H,20,23). The van der Waals surface area contributed by atoms with Gasteiger partial charge in [-0.15, -0.1) is 0 Å². The van der Waals surface area contributed by atoms with Gasteiger partial charge in [-0.05, 0) is 25.0 Å². The zero-order valence-electron chi connectivity index (χ0n) is 14.0. The minimum absolute atomic E-state index is 0.00351. The van der Waals surface area contributed by atoms with Gasteiger partial charge in [-0.1, -0.05) is 12.8 Å². The molecule has 1 aliphatic heterocycles. The van der Waals surface area contributed by atoms with E-state index in [9.17, 15) is 20.1 Å². The Labute approximate surface area is 149 Å². The molecule has 134 valence electrons. The van der Waals surface area contributed by atoms with E-state index in [1.807, 2.05) is 0 Å². The number of carbonyl (C=O) groups is 1. The van der Waals surface area contributed by atoms with Crippen molar-refractivity contribution in [1.29, 1.82) is 0 Å². The highest BCUT2D eigenvalue weighted by atomic mass is 16.6. The van der Waals surface area contributed by atoms with E-state index < -0.39 is 10.8 Å². The predicted octanol–water partition coefficient (Wildman–Crippen LogP) is 2.08. The van der Waals surface area contributed by atoms with Crippen molar-refractivity contribution >= 4 is 23.0 Å². The van der Waals surface area contributed by atoms with Gasteiger partial charge in [-0.3, -0.25) is 19.9 Å². The van der Waals surface area contributed by atoms with Crippen LogP contribution in [-0.4, -0.2) is 22.4 Å². The fraction of sp³-hybridized carbons (Fsp3) is 0.333. The molecule has 2 aliphatic rings. The summed E-state index contributed by atoms with van der Waals surface area (Å²) in [6, 6.07) is 6.01. The molecule has 0 radical (unpaired) electrons. The smallest absolute Gasteiger partial charge is 0.293 e. The van der Waals surface area contributed by atoms with Gasteiger partial charge >= 0.3 is 0 Å². The molecule has 8 nitrogen and oxygen atoms in total. The van der Waals surface area contributed by atoms with Gasteiger partial charge in [-0.25, -0.2) is 0 Å². The molecular weight excluding hydrogens is 336 g/mol. The summed E-state index contributed by atoms with van der Waals surface area (Å²) < 4.78 is 0. The number of hydrogen-bond acceptors (Lipinski definition) is 5. The van der Waals surface area contributed by atoms with Crippen LogP contribution in [0.5, 0.6) is 0 Å². The molecule has 0 saturated heterocycles. The number of hydrogen-bond donors (Lipinski definition) is 2. The monoisotopic (exact) mass is 354 g/mol. The Morgan fingerprint density at radius 3 is 2.58 bits per heavy atom. The molecule has 1 amide bonds. The van der Waals surface area contributed by atoms with Gasteiger partial charge in [-0.2, -0.15) is 0 Å². The second-order valence-corrected chi connectivity index (χ2v) is 6.95. The van der Waals surface area contributed by atoms with Crippen LogP contribution in [0.4, 0.5) is 17.1 Å². The van der Waals surface area contributed by atoms with Crippen molar-refractivity contribution in [2.24, 2.45) is 0 Å². The highest BCUT2D eigenvalue weighted by Gasteiger charge is 2.47. The van der Waals surface area contributed by atoms with Crippen LogP contribution in [0.15, 0.2) is 36.7 Å². The van der Waals surface area contributed by atoms with Crippen molar-refractivity contribution in [3.63, 3.8) is 0 Å². The number of quaternary nitrogens is 1. The lowest BCUT2D eigenvalue weighted by Crippen LogP contribution is -3.01. The third-order valence-corrected chi connectivity index (χ3v) is 5.45. The van der Waals surface area contributed by atoms with Crippen LogP contribution < -0.4 is 10.4 Å². The first kappa shape index (κ1) is 16.6. The average molecular weight is 354 g/mol.